The lowest BCUT2D eigenvalue weighted by Crippen LogP contribution is -2.35. The smallest absolute Gasteiger partial charge is 0.335 e. The number of ether oxygens (including phenoxy) is 1. The molecule has 0 fully saturated rings. The first-order valence-corrected chi connectivity index (χ1v) is 7.73. The maximum Gasteiger partial charge on any atom is 0.335 e. The second-order valence-electron chi connectivity index (χ2n) is 5.66. The minimum atomic E-state index is -1.03. The number of hydrogen-bond donors (Lipinski definition) is 2. The van der Waals surface area contributed by atoms with E-state index < -0.39 is 5.97 Å². The van der Waals surface area contributed by atoms with Crippen LogP contribution in [-0.2, 0) is 17.6 Å². The van der Waals surface area contributed by atoms with Crippen molar-refractivity contribution in [3.05, 3.63) is 65.2 Å². The summed E-state index contributed by atoms with van der Waals surface area (Å²) < 4.78 is 5.19. The zero-order valence-corrected chi connectivity index (χ0v) is 13.8. The highest BCUT2D eigenvalue weighted by Crippen LogP contribution is 2.14. The van der Waals surface area contributed by atoms with Crippen molar-refractivity contribution in [1.82, 2.24) is 5.32 Å². The summed E-state index contributed by atoms with van der Waals surface area (Å²) in [5.74, 6) is -0.441. The van der Waals surface area contributed by atoms with Crippen LogP contribution >= 0.6 is 0 Å². The second kappa shape index (κ2) is 8.15. The van der Waals surface area contributed by atoms with Gasteiger partial charge in [-0.25, -0.2) is 4.79 Å². The van der Waals surface area contributed by atoms with Crippen LogP contribution < -0.4 is 10.1 Å². The van der Waals surface area contributed by atoms with Crippen molar-refractivity contribution >= 4 is 11.9 Å². The van der Waals surface area contributed by atoms with Crippen LogP contribution in [0.1, 0.15) is 28.4 Å². The Morgan fingerprint density at radius 3 is 2.62 bits per heavy atom. The molecule has 0 radical (unpaired) electrons. The number of carboxylic acid groups (broad SMARTS) is 1. The van der Waals surface area contributed by atoms with Crippen molar-refractivity contribution < 1.29 is 19.4 Å². The van der Waals surface area contributed by atoms with Crippen LogP contribution in [0.15, 0.2) is 48.5 Å². The van der Waals surface area contributed by atoms with E-state index in [1.165, 1.54) is 6.07 Å². The average Bonchev–Trinajstić information content (AvgIpc) is 2.55. The van der Waals surface area contributed by atoms with Crippen molar-refractivity contribution in [3.8, 4) is 5.75 Å². The van der Waals surface area contributed by atoms with E-state index in [9.17, 15) is 9.59 Å². The Morgan fingerprint density at radius 2 is 1.92 bits per heavy atom. The largest absolute Gasteiger partial charge is 0.497 e. The van der Waals surface area contributed by atoms with Crippen LogP contribution in [0, 0.1) is 0 Å². The number of carbonyl (C=O) groups excluding carboxylic acids is 1. The molecule has 0 aromatic heterocycles. The highest BCUT2D eigenvalue weighted by molar-refractivity contribution is 5.91. The third kappa shape index (κ3) is 4.84. The molecule has 5 nitrogen and oxygen atoms in total. The lowest BCUT2D eigenvalue weighted by molar-refractivity contribution is -0.121. The summed E-state index contributed by atoms with van der Waals surface area (Å²) in [7, 11) is 1.62. The summed E-state index contributed by atoms with van der Waals surface area (Å²) in [6.07, 6.45) is 0.717. The number of methoxy groups -OCH3 is 1. The van der Waals surface area contributed by atoms with E-state index in [2.05, 4.69) is 5.32 Å². The lowest BCUT2D eigenvalue weighted by Gasteiger charge is -2.15. The van der Waals surface area contributed by atoms with Gasteiger partial charge >= 0.3 is 5.97 Å². The molecule has 2 aromatic carbocycles. The third-order valence-corrected chi connectivity index (χ3v) is 3.68. The molecule has 0 aliphatic heterocycles. The molecule has 1 unspecified atom stereocenters. The molecule has 2 N–H and O–H groups in total. The van der Waals surface area contributed by atoms with Crippen LogP contribution in [-0.4, -0.2) is 30.1 Å². The highest BCUT2D eigenvalue weighted by atomic mass is 16.5. The Bertz CT molecular complexity index is 727. The number of nitrogens with one attached hydrogen (secondary N) is 1. The Kier molecular flexibility index (Phi) is 5.95. The SMILES string of the molecule is COc1cccc(CC(C)NC(=O)Cc2ccccc2C(=O)O)c1. The van der Waals surface area contributed by atoms with E-state index in [4.69, 9.17) is 9.84 Å². The van der Waals surface area contributed by atoms with E-state index in [0.717, 1.165) is 11.3 Å². The maximum absolute atomic E-state index is 12.2. The summed E-state index contributed by atoms with van der Waals surface area (Å²) in [4.78, 5) is 23.4. The fourth-order valence-electron chi connectivity index (χ4n) is 2.59. The van der Waals surface area contributed by atoms with Crippen LogP contribution in [0.25, 0.3) is 0 Å². The molecule has 0 bridgehead atoms. The first-order chi connectivity index (χ1) is 11.5. The van der Waals surface area contributed by atoms with Crippen LogP contribution in [0.5, 0.6) is 5.75 Å². The molecule has 1 atom stereocenters. The third-order valence-electron chi connectivity index (χ3n) is 3.68. The van der Waals surface area contributed by atoms with Gasteiger partial charge in [-0.15, -0.1) is 0 Å². The number of aromatic carboxylic acids is 1. The zero-order chi connectivity index (χ0) is 17.5. The van der Waals surface area contributed by atoms with E-state index in [0.29, 0.717) is 12.0 Å². The summed E-state index contributed by atoms with van der Waals surface area (Å²) in [5.41, 5.74) is 1.73. The fourth-order valence-corrected chi connectivity index (χ4v) is 2.59. The molecule has 5 heteroatoms. The number of hydrogen-bond acceptors (Lipinski definition) is 3. The highest BCUT2D eigenvalue weighted by Gasteiger charge is 2.14. The van der Waals surface area contributed by atoms with Gasteiger partial charge in [-0.1, -0.05) is 30.3 Å². The number of benzene rings is 2. The first-order valence-electron chi connectivity index (χ1n) is 7.73. The summed E-state index contributed by atoms with van der Waals surface area (Å²) in [6.45, 7) is 1.92. The van der Waals surface area contributed by atoms with Gasteiger partial charge in [-0.05, 0) is 42.7 Å². The number of amides is 1. The summed E-state index contributed by atoms with van der Waals surface area (Å²) >= 11 is 0. The molecular formula is C19H21NO4. The topological polar surface area (TPSA) is 75.6 Å². The van der Waals surface area contributed by atoms with E-state index in [-0.39, 0.29) is 23.9 Å². The van der Waals surface area contributed by atoms with E-state index in [1.807, 2.05) is 31.2 Å². The summed E-state index contributed by atoms with van der Waals surface area (Å²) in [6, 6.07) is 14.2. The molecule has 2 rings (SSSR count). The van der Waals surface area contributed by atoms with Crippen LogP contribution in [0.4, 0.5) is 0 Å². The van der Waals surface area contributed by atoms with Crippen molar-refractivity contribution in [3.63, 3.8) is 0 Å². The molecule has 0 saturated carbocycles. The van der Waals surface area contributed by atoms with Gasteiger partial charge in [0, 0.05) is 6.04 Å². The average molecular weight is 327 g/mol. The molecule has 0 heterocycles. The molecule has 0 aliphatic carbocycles. The first kappa shape index (κ1) is 17.5. The predicted octanol–water partition coefficient (Wildman–Crippen LogP) is 2.68. The van der Waals surface area contributed by atoms with Gasteiger partial charge in [0.25, 0.3) is 0 Å². The number of carboxylic acids is 1. The van der Waals surface area contributed by atoms with Crippen LogP contribution in [0.3, 0.4) is 0 Å². The van der Waals surface area contributed by atoms with Gasteiger partial charge in [0.15, 0.2) is 0 Å². The van der Waals surface area contributed by atoms with Crippen LogP contribution in [0.2, 0.25) is 0 Å². The minimum absolute atomic E-state index is 0.0466. The van der Waals surface area contributed by atoms with Crippen molar-refractivity contribution in [2.75, 3.05) is 7.11 Å². The van der Waals surface area contributed by atoms with Crippen molar-refractivity contribution in [2.24, 2.45) is 0 Å². The monoisotopic (exact) mass is 327 g/mol. The molecule has 0 saturated heterocycles. The van der Waals surface area contributed by atoms with E-state index >= 15 is 0 Å². The summed E-state index contributed by atoms with van der Waals surface area (Å²) in [5, 5.41) is 12.1. The van der Waals surface area contributed by atoms with Gasteiger partial charge in [-0.2, -0.15) is 0 Å². The molecule has 126 valence electrons. The van der Waals surface area contributed by atoms with Crippen molar-refractivity contribution in [1.29, 1.82) is 0 Å². The molecule has 2 aromatic rings. The molecule has 24 heavy (non-hydrogen) atoms. The van der Waals surface area contributed by atoms with Gasteiger partial charge in [0.1, 0.15) is 5.75 Å². The second-order valence-corrected chi connectivity index (χ2v) is 5.66. The quantitative estimate of drug-likeness (QED) is 0.820. The maximum atomic E-state index is 12.2. The molecular weight excluding hydrogens is 306 g/mol. The lowest BCUT2D eigenvalue weighted by atomic mass is 10.0. The predicted molar refractivity (Wildman–Crippen MR) is 91.4 cm³/mol. The Balaban J connectivity index is 1.95. The Labute approximate surface area is 141 Å². The Morgan fingerprint density at radius 1 is 1.17 bits per heavy atom. The fraction of sp³-hybridized carbons (Fsp3) is 0.263. The standard InChI is InChI=1S/C19H21NO4/c1-13(10-14-6-5-8-16(11-14)24-2)20-18(21)12-15-7-3-4-9-17(15)19(22)23/h3-9,11,13H,10,12H2,1-2H3,(H,20,21)(H,22,23). The molecule has 0 spiro atoms. The van der Waals surface area contributed by atoms with Gasteiger partial charge in [0.05, 0.1) is 19.1 Å². The number of rotatable bonds is 7. The molecule has 0 aliphatic rings. The Hall–Kier alpha value is -2.82. The van der Waals surface area contributed by atoms with Gasteiger partial charge in [0.2, 0.25) is 5.91 Å². The number of carbonyl (C=O) groups is 2. The minimum Gasteiger partial charge on any atom is -0.497 e. The molecule has 1 amide bonds. The van der Waals surface area contributed by atoms with Crippen molar-refractivity contribution in [2.45, 2.75) is 25.8 Å². The van der Waals surface area contributed by atoms with Gasteiger partial charge < -0.3 is 15.2 Å². The zero-order valence-electron chi connectivity index (χ0n) is 13.8. The van der Waals surface area contributed by atoms with Gasteiger partial charge in [-0.3, -0.25) is 4.79 Å². The normalized spacial score (nSPS) is 11.6. The van der Waals surface area contributed by atoms with E-state index in [1.54, 1.807) is 25.3 Å².